The Labute approximate surface area is 109 Å². The zero-order chi connectivity index (χ0) is 13.0. The third kappa shape index (κ3) is 2.11. The average Bonchev–Trinajstić information content (AvgIpc) is 2.70. The molecule has 0 aromatic rings. The van der Waals surface area contributed by atoms with Gasteiger partial charge in [-0.2, -0.15) is 0 Å². The summed E-state index contributed by atoms with van der Waals surface area (Å²) >= 11 is 0. The van der Waals surface area contributed by atoms with E-state index >= 15 is 0 Å². The first-order chi connectivity index (χ1) is 8.33. The number of nitrogens with one attached hydrogen (secondary N) is 2. The molecule has 2 aliphatic carbocycles. The molecule has 3 aliphatic rings. The smallest absolute Gasteiger partial charge is 0.408 e. The van der Waals surface area contributed by atoms with E-state index in [9.17, 15) is 4.79 Å². The van der Waals surface area contributed by atoms with Crippen LogP contribution in [-0.4, -0.2) is 30.3 Å². The van der Waals surface area contributed by atoms with Gasteiger partial charge in [-0.15, -0.1) is 0 Å². The molecule has 4 heteroatoms. The van der Waals surface area contributed by atoms with Crippen molar-refractivity contribution in [2.45, 2.75) is 57.6 Å². The van der Waals surface area contributed by atoms with Gasteiger partial charge >= 0.3 is 6.09 Å². The maximum absolute atomic E-state index is 12.0. The highest BCUT2D eigenvalue weighted by atomic mass is 16.6. The van der Waals surface area contributed by atoms with Crippen LogP contribution >= 0.6 is 0 Å². The predicted molar refractivity (Wildman–Crippen MR) is 69.4 cm³/mol. The maximum atomic E-state index is 12.0. The van der Waals surface area contributed by atoms with Crippen LogP contribution in [0, 0.1) is 11.3 Å². The number of alkyl carbamates (subject to hydrolysis) is 1. The van der Waals surface area contributed by atoms with Gasteiger partial charge in [0.15, 0.2) is 0 Å². The molecule has 0 unspecified atom stereocenters. The van der Waals surface area contributed by atoms with Crippen LogP contribution in [0.4, 0.5) is 4.79 Å². The van der Waals surface area contributed by atoms with Gasteiger partial charge in [0.1, 0.15) is 5.60 Å². The third-order valence-electron chi connectivity index (χ3n) is 4.69. The molecule has 4 nitrogen and oxygen atoms in total. The quantitative estimate of drug-likeness (QED) is 0.751. The molecule has 3 rings (SSSR count). The molecule has 3 fully saturated rings. The number of carbonyl (C=O) groups excluding carboxylic acids is 1. The lowest BCUT2D eigenvalue weighted by Gasteiger charge is -2.31. The Morgan fingerprint density at radius 3 is 2.72 bits per heavy atom. The van der Waals surface area contributed by atoms with E-state index in [0.717, 1.165) is 19.5 Å². The summed E-state index contributed by atoms with van der Waals surface area (Å²) in [5.74, 6) is 0.590. The highest BCUT2D eigenvalue weighted by molar-refractivity contribution is 5.69. The fraction of sp³-hybridized carbons (Fsp3) is 0.929. The maximum Gasteiger partial charge on any atom is 0.408 e. The molecule has 1 saturated heterocycles. The van der Waals surface area contributed by atoms with Crippen LogP contribution in [0.5, 0.6) is 0 Å². The number of rotatable bonds is 1. The largest absolute Gasteiger partial charge is 0.444 e. The summed E-state index contributed by atoms with van der Waals surface area (Å²) in [7, 11) is 0. The number of amides is 1. The highest BCUT2D eigenvalue weighted by Gasteiger charge is 2.61. The van der Waals surface area contributed by atoms with E-state index in [1.807, 2.05) is 20.8 Å². The molecule has 2 saturated carbocycles. The van der Waals surface area contributed by atoms with Crippen molar-refractivity contribution < 1.29 is 9.53 Å². The van der Waals surface area contributed by atoms with E-state index in [4.69, 9.17) is 4.74 Å². The first kappa shape index (κ1) is 12.3. The molecule has 2 atom stereocenters. The van der Waals surface area contributed by atoms with Crippen molar-refractivity contribution in [3.8, 4) is 0 Å². The zero-order valence-electron chi connectivity index (χ0n) is 11.6. The van der Waals surface area contributed by atoms with Crippen molar-refractivity contribution in [3.63, 3.8) is 0 Å². The average molecular weight is 252 g/mol. The van der Waals surface area contributed by atoms with Crippen LogP contribution in [0.25, 0.3) is 0 Å². The van der Waals surface area contributed by atoms with Gasteiger partial charge in [-0.05, 0) is 57.8 Å². The van der Waals surface area contributed by atoms with Crippen LogP contribution in [0.15, 0.2) is 0 Å². The summed E-state index contributed by atoms with van der Waals surface area (Å²) in [6, 6.07) is 0. The Balaban J connectivity index is 1.68. The van der Waals surface area contributed by atoms with Gasteiger partial charge in [-0.3, -0.25) is 0 Å². The Bertz CT molecular complexity index is 370. The fourth-order valence-corrected chi connectivity index (χ4v) is 3.80. The molecular weight excluding hydrogens is 228 g/mol. The van der Waals surface area contributed by atoms with Crippen molar-refractivity contribution in [2.75, 3.05) is 13.1 Å². The Kier molecular flexibility index (Phi) is 2.47. The molecule has 1 heterocycles. The number of carbonyl (C=O) groups is 1. The van der Waals surface area contributed by atoms with Crippen molar-refractivity contribution in [3.05, 3.63) is 0 Å². The van der Waals surface area contributed by atoms with E-state index in [-0.39, 0.29) is 11.6 Å². The van der Waals surface area contributed by atoms with Crippen LogP contribution in [0.3, 0.4) is 0 Å². The summed E-state index contributed by atoms with van der Waals surface area (Å²) in [6.07, 6.45) is 4.85. The normalized spacial score (nSPS) is 36.5. The van der Waals surface area contributed by atoms with E-state index < -0.39 is 5.60 Å². The van der Waals surface area contributed by atoms with Crippen LogP contribution in [0.2, 0.25) is 0 Å². The molecule has 1 amide bonds. The second-order valence-electron chi connectivity index (χ2n) is 7.49. The van der Waals surface area contributed by atoms with Crippen molar-refractivity contribution in [1.82, 2.24) is 10.6 Å². The number of fused-ring (bicyclic) bond motifs is 1. The SMILES string of the molecule is CC(C)(C)OC(=O)N[C@]12CNC[C@H]1CC1(CC1)C2. The van der Waals surface area contributed by atoms with Gasteiger partial charge in [0.05, 0.1) is 5.54 Å². The molecule has 18 heavy (non-hydrogen) atoms. The predicted octanol–water partition coefficient (Wildman–Crippen LogP) is 2.04. The fourth-order valence-electron chi connectivity index (χ4n) is 3.80. The minimum absolute atomic E-state index is 0.0428. The molecule has 0 aromatic carbocycles. The first-order valence-corrected chi connectivity index (χ1v) is 7.05. The molecule has 1 spiro atoms. The minimum atomic E-state index is -0.419. The van der Waals surface area contributed by atoms with Gasteiger partial charge in [0, 0.05) is 13.1 Å². The molecule has 0 radical (unpaired) electrons. The van der Waals surface area contributed by atoms with Crippen LogP contribution < -0.4 is 10.6 Å². The molecule has 0 bridgehead atoms. The lowest BCUT2D eigenvalue weighted by Crippen LogP contribution is -2.53. The number of hydrogen-bond donors (Lipinski definition) is 2. The molecular formula is C14H24N2O2. The number of ether oxygens (including phenoxy) is 1. The standard InChI is InChI=1S/C14H24N2O2/c1-12(2,3)18-11(17)16-14-8-13(4-5-13)6-10(14)7-15-9-14/h10,15H,4-9H2,1-3H3,(H,16,17)/t10-,14-/m1/s1. The van der Waals surface area contributed by atoms with Crippen LogP contribution in [0.1, 0.15) is 46.5 Å². The Morgan fingerprint density at radius 1 is 1.39 bits per heavy atom. The number of hydrogen-bond acceptors (Lipinski definition) is 3. The van der Waals surface area contributed by atoms with Gasteiger partial charge in [-0.25, -0.2) is 4.79 Å². The lowest BCUT2D eigenvalue weighted by molar-refractivity contribution is 0.0447. The van der Waals surface area contributed by atoms with Gasteiger partial charge in [0.2, 0.25) is 0 Å². The summed E-state index contributed by atoms with van der Waals surface area (Å²) in [5, 5.41) is 6.61. The topological polar surface area (TPSA) is 50.4 Å². The Morgan fingerprint density at radius 2 is 2.11 bits per heavy atom. The second-order valence-corrected chi connectivity index (χ2v) is 7.49. The van der Waals surface area contributed by atoms with Crippen LogP contribution in [-0.2, 0) is 4.74 Å². The van der Waals surface area contributed by atoms with E-state index in [1.165, 1.54) is 19.3 Å². The summed E-state index contributed by atoms with van der Waals surface area (Å²) in [5.41, 5.74) is 0.0960. The summed E-state index contributed by atoms with van der Waals surface area (Å²) in [6.45, 7) is 7.67. The molecule has 0 aromatic heterocycles. The van der Waals surface area contributed by atoms with E-state index in [1.54, 1.807) is 0 Å². The third-order valence-corrected chi connectivity index (χ3v) is 4.69. The first-order valence-electron chi connectivity index (χ1n) is 7.05. The summed E-state index contributed by atoms with van der Waals surface area (Å²) < 4.78 is 5.41. The molecule has 1 aliphatic heterocycles. The van der Waals surface area contributed by atoms with Gasteiger partial charge < -0.3 is 15.4 Å². The van der Waals surface area contributed by atoms with Crippen molar-refractivity contribution in [2.24, 2.45) is 11.3 Å². The van der Waals surface area contributed by atoms with Gasteiger partial charge in [-0.1, -0.05) is 0 Å². The second kappa shape index (κ2) is 3.62. The minimum Gasteiger partial charge on any atom is -0.444 e. The highest BCUT2D eigenvalue weighted by Crippen LogP contribution is 2.63. The van der Waals surface area contributed by atoms with Gasteiger partial charge in [0.25, 0.3) is 0 Å². The summed E-state index contributed by atoms with van der Waals surface area (Å²) in [4.78, 5) is 12.0. The van der Waals surface area contributed by atoms with E-state index in [0.29, 0.717) is 11.3 Å². The van der Waals surface area contributed by atoms with Crippen molar-refractivity contribution >= 4 is 6.09 Å². The molecule has 2 N–H and O–H groups in total. The van der Waals surface area contributed by atoms with Crippen molar-refractivity contribution in [1.29, 1.82) is 0 Å². The van der Waals surface area contributed by atoms with E-state index in [2.05, 4.69) is 10.6 Å². The molecule has 102 valence electrons. The monoisotopic (exact) mass is 252 g/mol. The Hall–Kier alpha value is -0.770. The lowest BCUT2D eigenvalue weighted by atomic mass is 9.90. The zero-order valence-corrected chi connectivity index (χ0v) is 11.6.